The minimum Gasteiger partial charge on any atom is -0.394 e. The van der Waals surface area contributed by atoms with Crippen LogP contribution in [0.15, 0.2) is 47.1 Å². The smallest absolute Gasteiger partial charge is 0.208 e. The molecule has 78 valence electrons. The molecule has 0 amide bonds. The molecule has 2 heterocycles. The molecule has 0 aliphatic carbocycles. The van der Waals surface area contributed by atoms with Gasteiger partial charge in [0.1, 0.15) is 11.4 Å². The van der Waals surface area contributed by atoms with E-state index in [1.54, 1.807) is 0 Å². The number of hydrogen-bond donors (Lipinski definition) is 1. The lowest BCUT2D eigenvalue weighted by atomic mass is 10.2. The number of nitrogens with two attached hydrogens (primary N) is 1. The van der Waals surface area contributed by atoms with Crippen molar-refractivity contribution in [3.63, 3.8) is 0 Å². The van der Waals surface area contributed by atoms with Gasteiger partial charge in [0.2, 0.25) is 5.76 Å². The third-order valence-corrected chi connectivity index (χ3v) is 2.43. The molecule has 0 saturated carbocycles. The van der Waals surface area contributed by atoms with Crippen molar-refractivity contribution in [2.45, 2.75) is 0 Å². The summed E-state index contributed by atoms with van der Waals surface area (Å²) < 4.78 is 5.06. The lowest BCUT2D eigenvalue weighted by molar-refractivity contribution is 0.431. The van der Waals surface area contributed by atoms with Gasteiger partial charge < -0.3 is 10.3 Å². The van der Waals surface area contributed by atoms with E-state index >= 15 is 0 Å². The molecule has 0 radical (unpaired) electrons. The van der Waals surface area contributed by atoms with E-state index in [-0.39, 0.29) is 0 Å². The molecule has 3 aromatic rings. The van der Waals surface area contributed by atoms with Gasteiger partial charge in [-0.25, -0.2) is 4.98 Å². The molecule has 1 aromatic carbocycles. The Hall–Kier alpha value is -2.36. The van der Waals surface area contributed by atoms with Gasteiger partial charge in [-0.1, -0.05) is 29.4 Å². The average Bonchev–Trinajstić information content (AvgIpc) is 2.75. The molecule has 16 heavy (non-hydrogen) atoms. The number of hydrogen-bond acceptors (Lipinski definition) is 4. The third-order valence-electron chi connectivity index (χ3n) is 2.43. The number of pyridine rings is 1. The van der Waals surface area contributed by atoms with Crippen LogP contribution in [0.5, 0.6) is 0 Å². The fourth-order valence-corrected chi connectivity index (χ4v) is 1.63. The van der Waals surface area contributed by atoms with Crippen LogP contribution in [0.1, 0.15) is 0 Å². The van der Waals surface area contributed by atoms with E-state index in [2.05, 4.69) is 10.1 Å². The number of aromatic nitrogens is 2. The highest BCUT2D eigenvalue weighted by molar-refractivity contribution is 5.82. The molecule has 3 rings (SSSR count). The van der Waals surface area contributed by atoms with Gasteiger partial charge in [0, 0.05) is 5.39 Å². The normalized spacial score (nSPS) is 10.8. The number of fused-ring (bicyclic) bond motifs is 1. The quantitative estimate of drug-likeness (QED) is 0.671. The van der Waals surface area contributed by atoms with Gasteiger partial charge in [0.05, 0.1) is 11.7 Å². The minimum absolute atomic E-state index is 0.503. The maximum atomic E-state index is 5.72. The molecule has 0 saturated heterocycles. The van der Waals surface area contributed by atoms with Crippen LogP contribution in [-0.2, 0) is 0 Å². The van der Waals surface area contributed by atoms with Gasteiger partial charge in [-0.3, -0.25) is 0 Å². The van der Waals surface area contributed by atoms with Gasteiger partial charge in [-0.05, 0) is 12.1 Å². The Morgan fingerprint density at radius 2 is 1.94 bits per heavy atom. The van der Waals surface area contributed by atoms with Gasteiger partial charge in [-0.15, -0.1) is 0 Å². The zero-order valence-electron chi connectivity index (χ0n) is 8.42. The molecule has 0 atom stereocenters. The SMILES string of the molecule is Nc1cnoc1-c1ccc2ccccc2n1. The number of anilines is 1. The molecule has 0 spiro atoms. The zero-order valence-corrected chi connectivity index (χ0v) is 8.42. The van der Waals surface area contributed by atoms with Crippen molar-refractivity contribution < 1.29 is 4.52 Å². The molecule has 2 N–H and O–H groups in total. The van der Waals surface area contributed by atoms with Crippen molar-refractivity contribution in [2.24, 2.45) is 0 Å². The largest absolute Gasteiger partial charge is 0.394 e. The molecule has 0 aliphatic rings. The Kier molecular flexibility index (Phi) is 1.86. The lowest BCUT2D eigenvalue weighted by Crippen LogP contribution is -1.88. The second kappa shape index (κ2) is 3.34. The summed E-state index contributed by atoms with van der Waals surface area (Å²) in [5.74, 6) is 0.519. The van der Waals surface area contributed by atoms with Crippen LogP contribution in [0.4, 0.5) is 5.69 Å². The van der Waals surface area contributed by atoms with Gasteiger partial charge in [0.15, 0.2) is 0 Å². The predicted molar refractivity (Wildman–Crippen MR) is 61.7 cm³/mol. The Labute approximate surface area is 91.7 Å². The second-order valence-electron chi connectivity index (χ2n) is 3.50. The van der Waals surface area contributed by atoms with Gasteiger partial charge in [0.25, 0.3) is 0 Å². The van der Waals surface area contributed by atoms with Crippen molar-refractivity contribution in [2.75, 3.05) is 5.73 Å². The summed E-state index contributed by atoms with van der Waals surface area (Å²) in [6.07, 6.45) is 1.48. The second-order valence-corrected chi connectivity index (χ2v) is 3.50. The summed E-state index contributed by atoms with van der Waals surface area (Å²) in [5, 5.41) is 4.73. The van der Waals surface area contributed by atoms with Crippen LogP contribution in [-0.4, -0.2) is 10.1 Å². The van der Waals surface area contributed by atoms with Crippen molar-refractivity contribution in [3.05, 3.63) is 42.6 Å². The first-order valence-corrected chi connectivity index (χ1v) is 4.91. The summed E-state index contributed by atoms with van der Waals surface area (Å²) in [5.41, 5.74) is 7.84. The first-order valence-electron chi connectivity index (χ1n) is 4.91. The van der Waals surface area contributed by atoms with Crippen molar-refractivity contribution >= 4 is 16.6 Å². The fourth-order valence-electron chi connectivity index (χ4n) is 1.63. The molecule has 0 fully saturated rings. The van der Waals surface area contributed by atoms with E-state index in [0.29, 0.717) is 17.1 Å². The number of benzene rings is 1. The Morgan fingerprint density at radius 1 is 1.06 bits per heavy atom. The lowest BCUT2D eigenvalue weighted by Gasteiger charge is -1.99. The Balaban J connectivity index is 2.23. The number of para-hydroxylation sites is 1. The molecule has 0 bridgehead atoms. The summed E-state index contributed by atoms with van der Waals surface area (Å²) in [6.45, 7) is 0. The maximum Gasteiger partial charge on any atom is 0.208 e. The molecule has 0 unspecified atom stereocenters. The van der Waals surface area contributed by atoms with Crippen LogP contribution in [0.3, 0.4) is 0 Å². The number of rotatable bonds is 1. The van der Waals surface area contributed by atoms with Gasteiger partial charge >= 0.3 is 0 Å². The van der Waals surface area contributed by atoms with Crippen molar-refractivity contribution in [3.8, 4) is 11.5 Å². The maximum absolute atomic E-state index is 5.72. The average molecular weight is 211 g/mol. The standard InChI is InChI=1S/C12H9N3O/c13-9-7-14-16-12(9)11-6-5-8-3-1-2-4-10(8)15-11/h1-7H,13H2. The third kappa shape index (κ3) is 1.32. The van der Waals surface area contributed by atoms with E-state index in [1.165, 1.54) is 6.20 Å². The summed E-state index contributed by atoms with van der Waals surface area (Å²) in [4.78, 5) is 4.46. The molecule has 4 heteroatoms. The van der Waals surface area contributed by atoms with Crippen LogP contribution in [0, 0.1) is 0 Å². The first-order chi connectivity index (χ1) is 7.84. The highest BCUT2D eigenvalue weighted by Crippen LogP contribution is 2.25. The minimum atomic E-state index is 0.503. The van der Waals surface area contributed by atoms with Gasteiger partial charge in [-0.2, -0.15) is 0 Å². The van der Waals surface area contributed by atoms with Crippen molar-refractivity contribution in [1.29, 1.82) is 0 Å². The van der Waals surface area contributed by atoms with E-state index in [4.69, 9.17) is 10.3 Å². The first kappa shape index (κ1) is 8.91. The Bertz CT molecular complexity index is 645. The summed E-state index contributed by atoms with van der Waals surface area (Å²) in [7, 11) is 0. The highest BCUT2D eigenvalue weighted by Gasteiger charge is 2.09. The molecule has 4 nitrogen and oxygen atoms in total. The van der Waals surface area contributed by atoms with Crippen molar-refractivity contribution in [1.82, 2.24) is 10.1 Å². The Morgan fingerprint density at radius 3 is 2.75 bits per heavy atom. The predicted octanol–water partition coefficient (Wildman–Crippen LogP) is 2.47. The summed E-state index contributed by atoms with van der Waals surface area (Å²) in [6, 6.07) is 11.7. The van der Waals surface area contributed by atoms with E-state index in [1.807, 2.05) is 36.4 Å². The fraction of sp³-hybridized carbons (Fsp3) is 0. The topological polar surface area (TPSA) is 64.9 Å². The summed E-state index contributed by atoms with van der Waals surface area (Å²) >= 11 is 0. The zero-order chi connectivity index (χ0) is 11.0. The van der Waals surface area contributed by atoms with Crippen LogP contribution in [0.25, 0.3) is 22.4 Å². The highest BCUT2D eigenvalue weighted by atomic mass is 16.5. The molecule has 0 aliphatic heterocycles. The van der Waals surface area contributed by atoms with E-state index in [9.17, 15) is 0 Å². The molecular weight excluding hydrogens is 202 g/mol. The van der Waals surface area contributed by atoms with Crippen LogP contribution in [0.2, 0.25) is 0 Å². The van der Waals surface area contributed by atoms with E-state index < -0.39 is 0 Å². The number of nitrogens with zero attached hydrogens (tertiary/aromatic N) is 2. The number of nitrogen functional groups attached to an aromatic ring is 1. The molecular formula is C12H9N3O. The molecule has 2 aromatic heterocycles. The van der Waals surface area contributed by atoms with Crippen LogP contribution < -0.4 is 5.73 Å². The van der Waals surface area contributed by atoms with Crippen LogP contribution >= 0.6 is 0 Å². The van der Waals surface area contributed by atoms with E-state index in [0.717, 1.165) is 10.9 Å². The monoisotopic (exact) mass is 211 g/mol.